The largest absolute Gasteiger partial charge is 0.480 e. The fourth-order valence-corrected chi connectivity index (χ4v) is 3.49. The summed E-state index contributed by atoms with van der Waals surface area (Å²) in [6.07, 6.45) is 0. The molecule has 3 heteroatoms. The minimum atomic E-state index is -0.711. The molecule has 1 rings (SSSR count). The lowest BCUT2D eigenvalue weighted by Gasteiger charge is -2.17. The van der Waals surface area contributed by atoms with Crippen LogP contribution in [0.3, 0.4) is 0 Å². The minimum Gasteiger partial charge on any atom is -0.480 e. The number of thioether (sulfide) groups is 1. The number of rotatable bonds is 5. The van der Waals surface area contributed by atoms with E-state index in [-0.39, 0.29) is 11.2 Å². The monoisotopic (exact) mass is 266 g/mol. The molecule has 100 valence electrons. The predicted molar refractivity (Wildman–Crippen MR) is 78.2 cm³/mol. The second-order valence-electron chi connectivity index (χ2n) is 5.19. The lowest BCUT2D eigenvalue weighted by Crippen LogP contribution is -2.22. The summed E-state index contributed by atoms with van der Waals surface area (Å²) in [5.74, 6) is 0.212. The minimum absolute atomic E-state index is 0.151. The Kier molecular flexibility index (Phi) is 5.27. The van der Waals surface area contributed by atoms with Crippen LogP contribution < -0.4 is 0 Å². The fraction of sp³-hybridized carbons (Fsp3) is 0.533. The number of aliphatic carboxylic acids is 1. The molecule has 0 aliphatic rings. The Morgan fingerprint density at radius 1 is 1.22 bits per heavy atom. The SMILES string of the molecule is Cc1cc(C)c(CSC(C(=O)O)C(C)C)c(C)c1. The highest BCUT2D eigenvalue weighted by atomic mass is 32.2. The number of benzene rings is 1. The summed E-state index contributed by atoms with van der Waals surface area (Å²) in [5.41, 5.74) is 5.05. The maximum Gasteiger partial charge on any atom is 0.316 e. The highest BCUT2D eigenvalue weighted by molar-refractivity contribution is 7.99. The van der Waals surface area contributed by atoms with Gasteiger partial charge in [-0.1, -0.05) is 31.5 Å². The molecule has 0 aliphatic carbocycles. The number of hydrogen-bond donors (Lipinski definition) is 1. The molecular weight excluding hydrogens is 244 g/mol. The van der Waals surface area contributed by atoms with Crippen molar-refractivity contribution in [3.63, 3.8) is 0 Å². The number of carboxylic acid groups (broad SMARTS) is 1. The Hall–Kier alpha value is -0.960. The van der Waals surface area contributed by atoms with Gasteiger partial charge in [0.05, 0.1) is 0 Å². The zero-order valence-corrected chi connectivity index (χ0v) is 12.6. The summed E-state index contributed by atoms with van der Waals surface area (Å²) in [6.45, 7) is 10.2. The Labute approximate surface area is 114 Å². The van der Waals surface area contributed by atoms with Gasteiger partial charge in [-0.25, -0.2) is 0 Å². The molecule has 0 spiro atoms. The van der Waals surface area contributed by atoms with Crippen molar-refractivity contribution in [3.8, 4) is 0 Å². The zero-order chi connectivity index (χ0) is 13.9. The molecule has 18 heavy (non-hydrogen) atoms. The highest BCUT2D eigenvalue weighted by Crippen LogP contribution is 2.27. The van der Waals surface area contributed by atoms with Gasteiger partial charge in [-0.3, -0.25) is 4.79 Å². The predicted octanol–water partition coefficient (Wildman–Crippen LogP) is 3.95. The summed E-state index contributed by atoms with van der Waals surface area (Å²) in [6, 6.07) is 4.32. The Morgan fingerprint density at radius 3 is 2.11 bits per heavy atom. The van der Waals surface area contributed by atoms with Crippen LogP contribution in [-0.2, 0) is 10.5 Å². The van der Waals surface area contributed by atoms with E-state index >= 15 is 0 Å². The van der Waals surface area contributed by atoms with Crippen LogP contribution in [0.15, 0.2) is 12.1 Å². The standard InChI is InChI=1S/C15H22O2S/c1-9(2)14(15(16)17)18-8-13-11(4)6-10(3)7-12(13)5/h6-7,9,14H,8H2,1-5H3,(H,16,17). The van der Waals surface area contributed by atoms with E-state index in [0.717, 1.165) is 5.75 Å². The first kappa shape index (κ1) is 15.1. The van der Waals surface area contributed by atoms with Gasteiger partial charge in [0.2, 0.25) is 0 Å². The fourth-order valence-electron chi connectivity index (χ4n) is 2.16. The molecule has 1 unspecified atom stereocenters. The maximum atomic E-state index is 11.2. The summed E-state index contributed by atoms with van der Waals surface area (Å²) in [4.78, 5) is 11.2. The average molecular weight is 266 g/mol. The van der Waals surface area contributed by atoms with Crippen LogP contribution in [-0.4, -0.2) is 16.3 Å². The average Bonchev–Trinajstić information content (AvgIpc) is 2.20. The molecule has 0 saturated carbocycles. The second-order valence-corrected chi connectivity index (χ2v) is 6.32. The van der Waals surface area contributed by atoms with Crippen molar-refractivity contribution in [3.05, 3.63) is 34.4 Å². The molecule has 0 aromatic heterocycles. The molecular formula is C15H22O2S. The molecule has 0 aliphatic heterocycles. The van der Waals surface area contributed by atoms with Crippen molar-refractivity contribution in [2.75, 3.05) is 0 Å². The smallest absolute Gasteiger partial charge is 0.316 e. The maximum absolute atomic E-state index is 11.2. The molecule has 0 saturated heterocycles. The third kappa shape index (κ3) is 3.77. The lowest BCUT2D eigenvalue weighted by molar-refractivity contribution is -0.137. The van der Waals surface area contributed by atoms with Gasteiger partial charge in [0.1, 0.15) is 5.25 Å². The molecule has 1 N–H and O–H groups in total. The van der Waals surface area contributed by atoms with Gasteiger partial charge in [0.15, 0.2) is 0 Å². The van der Waals surface area contributed by atoms with Gasteiger partial charge < -0.3 is 5.11 Å². The summed E-state index contributed by atoms with van der Waals surface area (Å²) in [7, 11) is 0. The third-order valence-electron chi connectivity index (χ3n) is 3.10. The molecule has 1 atom stereocenters. The van der Waals surface area contributed by atoms with E-state index in [9.17, 15) is 9.90 Å². The van der Waals surface area contributed by atoms with Crippen molar-refractivity contribution >= 4 is 17.7 Å². The van der Waals surface area contributed by atoms with Crippen molar-refractivity contribution < 1.29 is 9.90 Å². The number of carbonyl (C=O) groups is 1. The Bertz CT molecular complexity index is 415. The Morgan fingerprint density at radius 2 is 1.72 bits per heavy atom. The van der Waals surface area contributed by atoms with Crippen LogP contribution in [0.1, 0.15) is 36.1 Å². The van der Waals surface area contributed by atoms with Gasteiger partial charge >= 0.3 is 5.97 Å². The van der Waals surface area contributed by atoms with Gasteiger partial charge in [0.25, 0.3) is 0 Å². The highest BCUT2D eigenvalue weighted by Gasteiger charge is 2.22. The van der Waals surface area contributed by atoms with E-state index < -0.39 is 5.97 Å². The molecule has 0 heterocycles. The van der Waals surface area contributed by atoms with E-state index in [0.29, 0.717) is 0 Å². The van der Waals surface area contributed by atoms with Crippen LogP contribution in [0, 0.1) is 26.7 Å². The normalized spacial score (nSPS) is 12.8. The van der Waals surface area contributed by atoms with Crippen LogP contribution in [0.25, 0.3) is 0 Å². The summed E-state index contributed by atoms with van der Waals surface area (Å²) >= 11 is 1.53. The molecule has 1 aromatic rings. The number of carboxylic acids is 1. The van der Waals surface area contributed by atoms with Crippen LogP contribution in [0.2, 0.25) is 0 Å². The van der Waals surface area contributed by atoms with Gasteiger partial charge in [-0.15, -0.1) is 11.8 Å². The van der Waals surface area contributed by atoms with E-state index in [1.807, 2.05) is 13.8 Å². The first-order valence-corrected chi connectivity index (χ1v) is 7.29. The second kappa shape index (κ2) is 6.28. The van der Waals surface area contributed by atoms with Gasteiger partial charge in [-0.05, 0) is 43.4 Å². The van der Waals surface area contributed by atoms with Gasteiger partial charge in [0, 0.05) is 5.75 Å². The zero-order valence-electron chi connectivity index (χ0n) is 11.8. The molecule has 0 bridgehead atoms. The van der Waals surface area contributed by atoms with E-state index in [4.69, 9.17) is 0 Å². The van der Waals surface area contributed by atoms with Crippen LogP contribution in [0.4, 0.5) is 0 Å². The van der Waals surface area contributed by atoms with E-state index in [1.165, 1.54) is 34.0 Å². The first-order chi connectivity index (χ1) is 8.32. The Balaban J connectivity index is 2.83. The number of aryl methyl sites for hydroxylation is 3. The van der Waals surface area contributed by atoms with Crippen molar-refractivity contribution in [1.29, 1.82) is 0 Å². The quantitative estimate of drug-likeness (QED) is 0.876. The number of hydrogen-bond acceptors (Lipinski definition) is 2. The summed E-state index contributed by atoms with van der Waals surface area (Å²) in [5, 5.41) is 8.85. The molecule has 2 nitrogen and oxygen atoms in total. The molecule has 0 radical (unpaired) electrons. The van der Waals surface area contributed by atoms with Crippen LogP contribution in [0.5, 0.6) is 0 Å². The first-order valence-electron chi connectivity index (χ1n) is 6.24. The van der Waals surface area contributed by atoms with E-state index in [2.05, 4.69) is 32.9 Å². The van der Waals surface area contributed by atoms with Crippen LogP contribution >= 0.6 is 11.8 Å². The third-order valence-corrected chi connectivity index (χ3v) is 4.66. The van der Waals surface area contributed by atoms with Gasteiger partial charge in [-0.2, -0.15) is 0 Å². The summed E-state index contributed by atoms with van der Waals surface area (Å²) < 4.78 is 0. The topological polar surface area (TPSA) is 37.3 Å². The van der Waals surface area contributed by atoms with Crippen molar-refractivity contribution in [2.45, 2.75) is 45.6 Å². The molecule has 0 fully saturated rings. The molecule has 0 amide bonds. The molecule has 1 aromatic carbocycles. The van der Waals surface area contributed by atoms with E-state index in [1.54, 1.807) is 0 Å². The van der Waals surface area contributed by atoms with Crippen molar-refractivity contribution in [2.24, 2.45) is 5.92 Å². The van der Waals surface area contributed by atoms with Crippen molar-refractivity contribution in [1.82, 2.24) is 0 Å². The lowest BCUT2D eigenvalue weighted by atomic mass is 10.0.